The summed E-state index contributed by atoms with van der Waals surface area (Å²) in [6, 6.07) is 9.80. The van der Waals surface area contributed by atoms with Gasteiger partial charge in [-0.1, -0.05) is 0 Å². The number of carbonyl (C=O) groups excluding carboxylic acids is 2. The molecule has 32 heavy (non-hydrogen) atoms. The van der Waals surface area contributed by atoms with Crippen molar-refractivity contribution in [2.45, 2.75) is 13.0 Å². The molecule has 0 radical (unpaired) electrons. The molecule has 168 valence electrons. The molecule has 0 bridgehead atoms. The number of hydrogen-bond acceptors (Lipinski definition) is 6. The molecule has 0 fully saturated rings. The van der Waals surface area contributed by atoms with Gasteiger partial charge in [-0.2, -0.15) is 5.10 Å². The van der Waals surface area contributed by atoms with Crippen LogP contribution in [-0.2, 0) is 0 Å². The first-order valence-corrected chi connectivity index (χ1v) is 9.69. The van der Waals surface area contributed by atoms with Crippen molar-refractivity contribution in [3.8, 4) is 17.2 Å². The molecule has 2 amide bonds. The van der Waals surface area contributed by atoms with Gasteiger partial charge in [-0.15, -0.1) is 0 Å². The number of aromatic nitrogens is 2. The third-order valence-corrected chi connectivity index (χ3v) is 4.30. The average Bonchev–Trinajstić information content (AvgIpc) is 3.27. The van der Waals surface area contributed by atoms with E-state index in [1.807, 2.05) is 0 Å². The van der Waals surface area contributed by atoms with Gasteiger partial charge in [0.15, 0.2) is 11.6 Å². The Hall–Kier alpha value is -3.92. The van der Waals surface area contributed by atoms with Gasteiger partial charge in [-0.3, -0.25) is 14.7 Å². The zero-order valence-electron chi connectivity index (χ0n) is 17.8. The number of halogens is 1. The number of H-pyrrole nitrogens is 1. The van der Waals surface area contributed by atoms with Crippen LogP contribution >= 0.6 is 0 Å². The quantitative estimate of drug-likeness (QED) is 0.494. The average molecular weight is 442 g/mol. The van der Waals surface area contributed by atoms with Crippen LogP contribution in [0.1, 0.15) is 27.6 Å². The zero-order valence-corrected chi connectivity index (χ0v) is 17.8. The number of nitrogens with zero attached hydrogens (tertiary/aromatic N) is 2. The number of benzene rings is 2. The summed E-state index contributed by atoms with van der Waals surface area (Å²) < 4.78 is 25.8. The minimum absolute atomic E-state index is 0.132. The summed E-state index contributed by atoms with van der Waals surface area (Å²) in [7, 11) is 3.14. The lowest BCUT2D eigenvalue weighted by Crippen LogP contribution is -2.21. The van der Waals surface area contributed by atoms with Crippen molar-refractivity contribution in [3.05, 3.63) is 65.6 Å². The van der Waals surface area contributed by atoms with Crippen LogP contribution in [0.15, 0.2) is 48.7 Å². The van der Waals surface area contributed by atoms with E-state index in [1.165, 1.54) is 41.4 Å². The molecule has 3 aromatic rings. The molecule has 1 aromatic heterocycles. The van der Waals surface area contributed by atoms with Gasteiger partial charge in [0.1, 0.15) is 23.4 Å². The number of hydrogen-bond donors (Lipinski definition) is 3. The molecule has 0 aliphatic rings. The van der Waals surface area contributed by atoms with Crippen LogP contribution in [0, 0.1) is 5.82 Å². The minimum Gasteiger partial charge on any atom is -0.488 e. The Morgan fingerprint density at radius 2 is 1.91 bits per heavy atom. The van der Waals surface area contributed by atoms with Crippen molar-refractivity contribution in [2.75, 3.05) is 26.0 Å². The highest BCUT2D eigenvalue weighted by molar-refractivity contribution is 6.04. The van der Waals surface area contributed by atoms with Gasteiger partial charge in [0.05, 0.1) is 12.8 Å². The van der Waals surface area contributed by atoms with Crippen LogP contribution in [0.25, 0.3) is 0 Å². The number of anilines is 1. The van der Waals surface area contributed by atoms with Crippen LogP contribution in [0.3, 0.4) is 0 Å². The molecule has 0 aliphatic carbocycles. The molecule has 0 spiro atoms. The highest BCUT2D eigenvalue weighted by Gasteiger charge is 2.16. The van der Waals surface area contributed by atoms with Gasteiger partial charge in [-0.25, -0.2) is 4.39 Å². The van der Waals surface area contributed by atoms with E-state index in [0.29, 0.717) is 5.82 Å². The Balaban J connectivity index is 1.90. The van der Waals surface area contributed by atoms with Crippen LogP contribution in [0.4, 0.5) is 10.2 Å². The van der Waals surface area contributed by atoms with Crippen LogP contribution in [0.2, 0.25) is 0 Å². The predicted molar refractivity (Wildman–Crippen MR) is 115 cm³/mol. The Morgan fingerprint density at radius 3 is 2.53 bits per heavy atom. The Bertz CT molecular complexity index is 1100. The lowest BCUT2D eigenvalue weighted by atomic mass is 10.1. The van der Waals surface area contributed by atoms with Crippen molar-refractivity contribution in [1.29, 1.82) is 0 Å². The topological polar surface area (TPSA) is 117 Å². The van der Waals surface area contributed by atoms with E-state index < -0.39 is 17.8 Å². The summed E-state index contributed by atoms with van der Waals surface area (Å²) in [4.78, 5) is 26.0. The van der Waals surface area contributed by atoms with E-state index in [0.717, 1.165) is 6.07 Å². The summed E-state index contributed by atoms with van der Waals surface area (Å²) >= 11 is 0. The Morgan fingerprint density at radius 1 is 1.16 bits per heavy atom. The summed E-state index contributed by atoms with van der Waals surface area (Å²) in [5.41, 5.74) is 0.352. The fraction of sp³-hybridized carbons (Fsp3) is 0.227. The molecular formula is C22H23FN4O5. The number of ether oxygens (including phenoxy) is 2. The second-order valence-electron chi connectivity index (χ2n) is 7.18. The largest absolute Gasteiger partial charge is 0.488 e. The first kappa shape index (κ1) is 22.8. The SMILES string of the molecule is C[C@@H](CO)Oc1cc(Oc2ccc(C(=O)N(C)C)cc2F)cc(C(=O)Nc2ccn[nH]2)c1. The van der Waals surface area contributed by atoms with Gasteiger partial charge in [0, 0.05) is 37.4 Å². The standard InChI is InChI=1S/C22H23FN4O5/c1-13(12-28)31-16-8-15(21(29)25-20-6-7-24-26-20)9-17(11-16)32-19-5-4-14(10-18(19)23)22(30)27(2)3/h4-11,13,28H,12H2,1-3H3,(H2,24,25,26,29)/t13-/m0/s1. The molecule has 0 aliphatic heterocycles. The van der Waals surface area contributed by atoms with Crippen molar-refractivity contribution in [2.24, 2.45) is 0 Å². The minimum atomic E-state index is -0.740. The molecular weight excluding hydrogens is 419 g/mol. The van der Waals surface area contributed by atoms with E-state index in [4.69, 9.17) is 9.47 Å². The van der Waals surface area contributed by atoms with Gasteiger partial charge in [0.25, 0.3) is 11.8 Å². The monoisotopic (exact) mass is 442 g/mol. The fourth-order valence-corrected chi connectivity index (χ4v) is 2.72. The first-order chi connectivity index (χ1) is 15.3. The number of aromatic amines is 1. The number of amides is 2. The molecule has 0 saturated heterocycles. The molecule has 0 unspecified atom stereocenters. The van der Waals surface area contributed by atoms with E-state index in [9.17, 15) is 19.1 Å². The Labute approximate surface area is 183 Å². The smallest absolute Gasteiger partial charge is 0.257 e. The van der Waals surface area contributed by atoms with E-state index >= 15 is 0 Å². The molecule has 0 saturated carbocycles. The van der Waals surface area contributed by atoms with Crippen molar-refractivity contribution < 1.29 is 28.6 Å². The summed E-state index contributed by atoms with van der Waals surface area (Å²) in [5, 5.41) is 18.3. The van der Waals surface area contributed by atoms with E-state index in [-0.39, 0.29) is 40.9 Å². The van der Waals surface area contributed by atoms with Gasteiger partial charge < -0.3 is 24.8 Å². The second-order valence-corrected chi connectivity index (χ2v) is 7.18. The van der Waals surface area contributed by atoms with E-state index in [1.54, 1.807) is 27.1 Å². The molecule has 3 N–H and O–H groups in total. The highest BCUT2D eigenvalue weighted by Crippen LogP contribution is 2.30. The molecule has 1 atom stereocenters. The summed E-state index contributed by atoms with van der Waals surface area (Å²) in [5.74, 6) is -0.926. The summed E-state index contributed by atoms with van der Waals surface area (Å²) in [6.07, 6.45) is 0.946. The number of nitrogens with one attached hydrogen (secondary N) is 2. The first-order valence-electron chi connectivity index (χ1n) is 9.69. The molecule has 3 rings (SSSR count). The maximum Gasteiger partial charge on any atom is 0.257 e. The number of rotatable bonds is 8. The third-order valence-electron chi connectivity index (χ3n) is 4.30. The molecule has 1 heterocycles. The van der Waals surface area contributed by atoms with Crippen molar-refractivity contribution in [3.63, 3.8) is 0 Å². The zero-order chi connectivity index (χ0) is 23.3. The molecule has 9 nitrogen and oxygen atoms in total. The van der Waals surface area contributed by atoms with Crippen LogP contribution in [-0.4, -0.2) is 58.8 Å². The third kappa shape index (κ3) is 5.61. The van der Waals surface area contributed by atoms with E-state index in [2.05, 4.69) is 15.5 Å². The van der Waals surface area contributed by atoms with Crippen molar-refractivity contribution in [1.82, 2.24) is 15.1 Å². The maximum atomic E-state index is 14.6. The van der Waals surface area contributed by atoms with Gasteiger partial charge in [-0.05, 0) is 37.3 Å². The Kier molecular flexibility index (Phi) is 7.06. The summed E-state index contributed by atoms with van der Waals surface area (Å²) in [6.45, 7) is 1.41. The lowest BCUT2D eigenvalue weighted by molar-refractivity contribution is 0.0826. The second kappa shape index (κ2) is 9.92. The molecule has 2 aromatic carbocycles. The van der Waals surface area contributed by atoms with Crippen LogP contribution in [0.5, 0.6) is 17.2 Å². The lowest BCUT2D eigenvalue weighted by Gasteiger charge is -2.16. The van der Waals surface area contributed by atoms with Gasteiger partial charge >= 0.3 is 0 Å². The molecule has 10 heteroatoms. The number of aliphatic hydroxyl groups is 1. The predicted octanol–water partition coefficient (Wildman–Crippen LogP) is 3.05. The highest BCUT2D eigenvalue weighted by atomic mass is 19.1. The van der Waals surface area contributed by atoms with Crippen LogP contribution < -0.4 is 14.8 Å². The van der Waals surface area contributed by atoms with Gasteiger partial charge in [0.2, 0.25) is 0 Å². The normalized spacial score (nSPS) is 11.5. The number of aliphatic hydroxyl groups excluding tert-OH is 1. The number of carbonyl (C=O) groups is 2. The van der Waals surface area contributed by atoms with Crippen molar-refractivity contribution >= 4 is 17.6 Å². The maximum absolute atomic E-state index is 14.6. The fourth-order valence-electron chi connectivity index (χ4n) is 2.72.